The highest BCUT2D eigenvalue weighted by atomic mass is 16.6. The van der Waals surface area contributed by atoms with Crippen LogP contribution in [0.1, 0.15) is 24.9 Å². The second kappa shape index (κ2) is 7.33. The fraction of sp³-hybridized carbons (Fsp3) is 0.235. The van der Waals surface area contributed by atoms with Crippen molar-refractivity contribution in [1.82, 2.24) is 5.32 Å². The number of ether oxygens (including phenoxy) is 2. The van der Waals surface area contributed by atoms with Crippen molar-refractivity contribution in [3.63, 3.8) is 0 Å². The smallest absolute Gasteiger partial charge is 0.413 e. The molecule has 0 radical (unpaired) electrons. The van der Waals surface area contributed by atoms with Gasteiger partial charge in [-0.1, -0.05) is 37.3 Å². The minimum absolute atomic E-state index is 0.0906. The van der Waals surface area contributed by atoms with Crippen LogP contribution in [0.25, 0.3) is 0 Å². The van der Waals surface area contributed by atoms with Crippen LogP contribution in [0, 0.1) is 0 Å². The van der Waals surface area contributed by atoms with Gasteiger partial charge in [0.15, 0.2) is 0 Å². The van der Waals surface area contributed by atoms with E-state index in [1.54, 1.807) is 19.2 Å². The van der Waals surface area contributed by atoms with E-state index in [1.165, 1.54) is 0 Å². The maximum atomic E-state index is 11.9. The lowest BCUT2D eigenvalue weighted by Gasteiger charge is -2.17. The Morgan fingerprint density at radius 3 is 2.29 bits per heavy atom. The van der Waals surface area contributed by atoms with Crippen molar-refractivity contribution in [2.24, 2.45) is 0 Å². The van der Waals surface area contributed by atoms with Crippen LogP contribution in [-0.4, -0.2) is 13.2 Å². The van der Waals surface area contributed by atoms with Gasteiger partial charge in [-0.25, -0.2) is 4.79 Å². The van der Waals surface area contributed by atoms with Crippen molar-refractivity contribution in [3.8, 4) is 11.5 Å². The van der Waals surface area contributed by atoms with Crippen molar-refractivity contribution in [3.05, 3.63) is 60.2 Å². The molecule has 0 heterocycles. The topological polar surface area (TPSA) is 47.6 Å². The Bertz CT molecular complexity index is 566. The number of nitrogens with one attached hydrogen (secondary N) is 1. The van der Waals surface area contributed by atoms with Gasteiger partial charge < -0.3 is 14.8 Å². The maximum Gasteiger partial charge on any atom is 0.413 e. The summed E-state index contributed by atoms with van der Waals surface area (Å²) in [6, 6.07) is 16.5. The number of carbonyl (C=O) groups excluding carboxylic acids is 1. The minimum atomic E-state index is -0.455. The predicted octanol–water partition coefficient (Wildman–Crippen LogP) is 3.93. The Hall–Kier alpha value is -2.49. The quantitative estimate of drug-likeness (QED) is 0.905. The van der Waals surface area contributed by atoms with Crippen LogP contribution in [0.5, 0.6) is 11.5 Å². The first-order valence-corrected chi connectivity index (χ1v) is 6.90. The number of hydrogen-bond acceptors (Lipinski definition) is 3. The fourth-order valence-corrected chi connectivity index (χ4v) is 2.02. The van der Waals surface area contributed by atoms with Crippen molar-refractivity contribution in [1.29, 1.82) is 0 Å². The molecule has 2 aromatic carbocycles. The standard InChI is InChI=1S/C17H19NO3/c1-3-16(13-9-11-14(20-2)12-10-13)18-17(19)21-15-7-5-4-6-8-15/h4-12,16H,3H2,1-2H3,(H,18,19). The summed E-state index contributed by atoms with van der Waals surface area (Å²) in [5.41, 5.74) is 1.02. The normalized spacial score (nSPS) is 11.5. The first kappa shape index (κ1) is 14.9. The van der Waals surface area contributed by atoms with E-state index in [0.717, 1.165) is 17.7 Å². The SMILES string of the molecule is CCC(NC(=O)Oc1ccccc1)c1ccc(OC)cc1. The van der Waals surface area contributed by atoms with Gasteiger partial charge in [0.25, 0.3) is 0 Å². The summed E-state index contributed by atoms with van der Waals surface area (Å²) in [4.78, 5) is 11.9. The lowest BCUT2D eigenvalue weighted by Crippen LogP contribution is -2.30. The maximum absolute atomic E-state index is 11.9. The zero-order valence-electron chi connectivity index (χ0n) is 12.2. The number of rotatable bonds is 5. The van der Waals surface area contributed by atoms with Crippen molar-refractivity contribution < 1.29 is 14.3 Å². The molecule has 0 aliphatic carbocycles. The Labute approximate surface area is 124 Å². The van der Waals surface area contributed by atoms with E-state index >= 15 is 0 Å². The highest BCUT2D eigenvalue weighted by molar-refractivity contribution is 5.70. The molecule has 0 saturated carbocycles. The third kappa shape index (κ3) is 4.24. The van der Waals surface area contributed by atoms with E-state index in [4.69, 9.17) is 9.47 Å². The fourth-order valence-electron chi connectivity index (χ4n) is 2.02. The average Bonchev–Trinajstić information content (AvgIpc) is 2.53. The van der Waals surface area contributed by atoms with Gasteiger partial charge in [0.2, 0.25) is 0 Å². The van der Waals surface area contributed by atoms with Crippen LogP contribution >= 0.6 is 0 Å². The zero-order chi connectivity index (χ0) is 15.1. The van der Waals surface area contributed by atoms with Gasteiger partial charge in [0.05, 0.1) is 13.2 Å². The van der Waals surface area contributed by atoms with Crippen LogP contribution in [0.4, 0.5) is 4.79 Å². The Morgan fingerprint density at radius 2 is 1.71 bits per heavy atom. The Kier molecular flexibility index (Phi) is 5.21. The van der Waals surface area contributed by atoms with Crippen LogP contribution in [0.2, 0.25) is 0 Å². The number of hydrogen-bond donors (Lipinski definition) is 1. The molecule has 0 aliphatic rings. The number of benzene rings is 2. The third-order valence-electron chi connectivity index (χ3n) is 3.17. The third-order valence-corrected chi connectivity index (χ3v) is 3.17. The molecule has 0 bridgehead atoms. The molecule has 110 valence electrons. The van der Waals surface area contributed by atoms with Gasteiger partial charge in [-0.3, -0.25) is 0 Å². The van der Waals surface area contributed by atoms with Gasteiger partial charge in [0.1, 0.15) is 11.5 Å². The number of carbonyl (C=O) groups is 1. The minimum Gasteiger partial charge on any atom is -0.497 e. The van der Waals surface area contributed by atoms with Gasteiger partial charge in [-0.05, 0) is 36.2 Å². The van der Waals surface area contributed by atoms with Gasteiger partial charge in [0, 0.05) is 0 Å². The highest BCUT2D eigenvalue weighted by Gasteiger charge is 2.14. The van der Waals surface area contributed by atoms with Crippen LogP contribution in [-0.2, 0) is 0 Å². The first-order chi connectivity index (χ1) is 10.2. The monoisotopic (exact) mass is 285 g/mol. The molecule has 0 spiro atoms. The Morgan fingerprint density at radius 1 is 1.05 bits per heavy atom. The zero-order valence-corrected chi connectivity index (χ0v) is 12.2. The summed E-state index contributed by atoms with van der Waals surface area (Å²) in [6.45, 7) is 2.01. The van der Waals surface area contributed by atoms with E-state index in [-0.39, 0.29) is 6.04 Å². The van der Waals surface area contributed by atoms with E-state index in [0.29, 0.717) is 5.75 Å². The van der Waals surface area contributed by atoms with Gasteiger partial charge >= 0.3 is 6.09 Å². The molecule has 0 aromatic heterocycles. The van der Waals surface area contributed by atoms with Crippen molar-refractivity contribution in [2.45, 2.75) is 19.4 Å². The molecule has 0 fully saturated rings. The molecule has 0 aliphatic heterocycles. The molecule has 2 aromatic rings. The molecule has 1 N–H and O–H groups in total. The van der Waals surface area contributed by atoms with E-state index < -0.39 is 6.09 Å². The van der Waals surface area contributed by atoms with Crippen molar-refractivity contribution >= 4 is 6.09 Å². The van der Waals surface area contributed by atoms with Crippen LogP contribution in [0.15, 0.2) is 54.6 Å². The molecular weight excluding hydrogens is 266 g/mol. The largest absolute Gasteiger partial charge is 0.497 e. The average molecular weight is 285 g/mol. The van der Waals surface area contributed by atoms with E-state index in [1.807, 2.05) is 49.4 Å². The number of amides is 1. The van der Waals surface area contributed by atoms with Crippen LogP contribution < -0.4 is 14.8 Å². The summed E-state index contributed by atoms with van der Waals surface area (Å²) in [6.07, 6.45) is 0.319. The van der Waals surface area contributed by atoms with Crippen molar-refractivity contribution in [2.75, 3.05) is 7.11 Å². The second-order valence-corrected chi connectivity index (χ2v) is 4.58. The molecular formula is C17H19NO3. The van der Waals surface area contributed by atoms with E-state index in [9.17, 15) is 4.79 Å². The highest BCUT2D eigenvalue weighted by Crippen LogP contribution is 2.20. The van der Waals surface area contributed by atoms with E-state index in [2.05, 4.69) is 5.32 Å². The molecule has 1 atom stereocenters. The van der Waals surface area contributed by atoms with Gasteiger partial charge in [-0.2, -0.15) is 0 Å². The summed E-state index contributed by atoms with van der Waals surface area (Å²) >= 11 is 0. The Balaban J connectivity index is 1.99. The van der Waals surface area contributed by atoms with Crippen LogP contribution in [0.3, 0.4) is 0 Å². The first-order valence-electron chi connectivity index (χ1n) is 6.90. The summed E-state index contributed by atoms with van der Waals surface area (Å²) in [7, 11) is 1.63. The molecule has 4 heteroatoms. The predicted molar refractivity (Wildman–Crippen MR) is 81.6 cm³/mol. The summed E-state index contributed by atoms with van der Waals surface area (Å²) in [5, 5.41) is 2.87. The second-order valence-electron chi connectivity index (χ2n) is 4.58. The molecule has 0 saturated heterocycles. The lowest BCUT2D eigenvalue weighted by molar-refractivity contribution is 0.195. The molecule has 21 heavy (non-hydrogen) atoms. The lowest BCUT2D eigenvalue weighted by atomic mass is 10.0. The molecule has 1 amide bonds. The summed E-state index contributed by atoms with van der Waals surface area (Å²) in [5.74, 6) is 1.32. The molecule has 4 nitrogen and oxygen atoms in total. The molecule has 2 rings (SSSR count). The molecule has 1 unspecified atom stereocenters. The van der Waals surface area contributed by atoms with Gasteiger partial charge in [-0.15, -0.1) is 0 Å². The number of methoxy groups -OCH3 is 1. The number of para-hydroxylation sites is 1. The summed E-state index contributed by atoms with van der Waals surface area (Å²) < 4.78 is 10.4.